The molecule has 0 saturated carbocycles. The van der Waals surface area contributed by atoms with Crippen LogP contribution >= 0.6 is 0 Å². The predicted molar refractivity (Wildman–Crippen MR) is 86.6 cm³/mol. The summed E-state index contributed by atoms with van der Waals surface area (Å²) in [4.78, 5) is 6.70. The van der Waals surface area contributed by atoms with Gasteiger partial charge in [-0.2, -0.15) is 10.1 Å². The fourth-order valence-corrected chi connectivity index (χ4v) is 2.93. The highest BCUT2D eigenvalue weighted by molar-refractivity contribution is 5.06. The van der Waals surface area contributed by atoms with Crippen molar-refractivity contribution in [3.63, 3.8) is 0 Å². The molecule has 0 bridgehead atoms. The van der Waals surface area contributed by atoms with Crippen molar-refractivity contribution in [1.82, 2.24) is 24.8 Å². The van der Waals surface area contributed by atoms with E-state index in [-0.39, 0.29) is 6.10 Å². The molecule has 1 aliphatic heterocycles. The Morgan fingerprint density at radius 3 is 3.00 bits per heavy atom. The molecule has 1 aliphatic rings. The molecule has 2 aromatic heterocycles. The van der Waals surface area contributed by atoms with Gasteiger partial charge >= 0.3 is 0 Å². The molecular formula is C16H25N5O3. The number of morpholine rings is 1. The molecule has 132 valence electrons. The molecule has 1 fully saturated rings. The molecule has 0 aromatic carbocycles. The van der Waals surface area contributed by atoms with E-state index in [9.17, 15) is 0 Å². The van der Waals surface area contributed by atoms with Crippen LogP contribution in [0, 0.1) is 13.8 Å². The van der Waals surface area contributed by atoms with Gasteiger partial charge in [0.2, 0.25) is 5.89 Å². The minimum atomic E-state index is 0.118. The van der Waals surface area contributed by atoms with Gasteiger partial charge in [-0.3, -0.25) is 9.58 Å². The van der Waals surface area contributed by atoms with Gasteiger partial charge in [0.05, 0.1) is 38.1 Å². The normalized spacial score (nSPS) is 19.0. The second-order valence-electron chi connectivity index (χ2n) is 6.18. The number of hydrogen-bond donors (Lipinski definition) is 0. The number of rotatable bonds is 7. The molecule has 1 unspecified atom stereocenters. The summed E-state index contributed by atoms with van der Waals surface area (Å²) in [6.07, 6.45) is 0.788. The van der Waals surface area contributed by atoms with Crippen molar-refractivity contribution >= 4 is 0 Å². The Morgan fingerprint density at radius 1 is 1.38 bits per heavy atom. The monoisotopic (exact) mass is 335 g/mol. The van der Waals surface area contributed by atoms with Crippen molar-refractivity contribution in [2.75, 3.05) is 33.4 Å². The zero-order valence-electron chi connectivity index (χ0n) is 14.6. The van der Waals surface area contributed by atoms with Crippen LogP contribution in [0.5, 0.6) is 0 Å². The van der Waals surface area contributed by atoms with E-state index in [4.69, 9.17) is 14.0 Å². The van der Waals surface area contributed by atoms with Gasteiger partial charge in [0, 0.05) is 32.3 Å². The standard InChI is InChI=1S/C16H25N5O3/c1-12-8-13(2)21(18-12)10-14-9-20(5-7-23-14)11-16-17-15(19-24-16)4-6-22-3/h8,14H,4-7,9-11H2,1-3H3. The van der Waals surface area contributed by atoms with Gasteiger partial charge in [0.25, 0.3) is 0 Å². The molecule has 0 aliphatic carbocycles. The van der Waals surface area contributed by atoms with Crippen molar-refractivity contribution in [2.24, 2.45) is 0 Å². The van der Waals surface area contributed by atoms with Crippen LogP contribution in [0.25, 0.3) is 0 Å². The van der Waals surface area contributed by atoms with Gasteiger partial charge in [0.1, 0.15) is 0 Å². The maximum atomic E-state index is 5.89. The molecule has 0 spiro atoms. The SMILES string of the molecule is COCCc1noc(CN2CCOC(Cn3nc(C)cc3C)C2)n1. The number of hydrogen-bond acceptors (Lipinski definition) is 7. The molecule has 0 radical (unpaired) electrons. The zero-order chi connectivity index (χ0) is 16.9. The number of nitrogens with zero attached hydrogens (tertiary/aromatic N) is 5. The summed E-state index contributed by atoms with van der Waals surface area (Å²) < 4.78 is 18.3. The molecular weight excluding hydrogens is 310 g/mol. The molecule has 8 nitrogen and oxygen atoms in total. The molecule has 0 amide bonds. The second-order valence-corrected chi connectivity index (χ2v) is 6.18. The van der Waals surface area contributed by atoms with E-state index in [0.717, 1.165) is 31.0 Å². The minimum Gasteiger partial charge on any atom is -0.384 e. The minimum absolute atomic E-state index is 0.118. The van der Waals surface area contributed by atoms with Crippen LogP contribution in [-0.2, 0) is 29.0 Å². The number of methoxy groups -OCH3 is 1. The van der Waals surface area contributed by atoms with Crippen LogP contribution in [0.1, 0.15) is 23.1 Å². The summed E-state index contributed by atoms with van der Waals surface area (Å²) in [5, 5.41) is 8.49. The molecule has 1 saturated heterocycles. The van der Waals surface area contributed by atoms with Gasteiger partial charge in [-0.15, -0.1) is 0 Å². The molecule has 8 heteroatoms. The Morgan fingerprint density at radius 2 is 2.25 bits per heavy atom. The molecule has 3 heterocycles. The summed E-state index contributed by atoms with van der Waals surface area (Å²) in [5.41, 5.74) is 2.20. The summed E-state index contributed by atoms with van der Waals surface area (Å²) in [5.74, 6) is 1.34. The Bertz CT molecular complexity index is 654. The van der Waals surface area contributed by atoms with E-state index in [1.165, 1.54) is 0 Å². The van der Waals surface area contributed by atoms with Crippen LogP contribution in [-0.4, -0.2) is 64.3 Å². The topological polar surface area (TPSA) is 78.4 Å². The first kappa shape index (κ1) is 17.1. The van der Waals surface area contributed by atoms with Gasteiger partial charge in [-0.25, -0.2) is 0 Å². The molecule has 0 N–H and O–H groups in total. The highest BCUT2D eigenvalue weighted by Crippen LogP contribution is 2.12. The van der Waals surface area contributed by atoms with Crippen LogP contribution < -0.4 is 0 Å². The van der Waals surface area contributed by atoms with Crippen molar-refractivity contribution in [2.45, 2.75) is 39.5 Å². The van der Waals surface area contributed by atoms with Gasteiger partial charge in [-0.1, -0.05) is 5.16 Å². The van der Waals surface area contributed by atoms with Gasteiger partial charge < -0.3 is 14.0 Å². The fraction of sp³-hybridized carbons (Fsp3) is 0.688. The van der Waals surface area contributed by atoms with Crippen LogP contribution in [0.2, 0.25) is 0 Å². The number of aryl methyl sites for hydroxylation is 2. The maximum Gasteiger partial charge on any atom is 0.240 e. The lowest BCUT2D eigenvalue weighted by atomic mass is 10.2. The average molecular weight is 335 g/mol. The maximum absolute atomic E-state index is 5.89. The second kappa shape index (κ2) is 7.87. The highest BCUT2D eigenvalue weighted by atomic mass is 16.5. The Balaban J connectivity index is 1.53. The van der Waals surface area contributed by atoms with E-state index in [1.54, 1.807) is 7.11 Å². The van der Waals surface area contributed by atoms with E-state index < -0.39 is 0 Å². The third-order valence-electron chi connectivity index (χ3n) is 4.10. The summed E-state index contributed by atoms with van der Waals surface area (Å²) >= 11 is 0. The number of aromatic nitrogens is 4. The van der Waals surface area contributed by atoms with E-state index >= 15 is 0 Å². The first-order chi connectivity index (χ1) is 11.6. The molecule has 2 aromatic rings. The van der Waals surface area contributed by atoms with Gasteiger partial charge in [-0.05, 0) is 19.9 Å². The van der Waals surface area contributed by atoms with Gasteiger partial charge in [0.15, 0.2) is 5.82 Å². The van der Waals surface area contributed by atoms with Crippen LogP contribution in [0.15, 0.2) is 10.6 Å². The zero-order valence-corrected chi connectivity index (χ0v) is 14.6. The third-order valence-corrected chi connectivity index (χ3v) is 4.10. The van der Waals surface area contributed by atoms with Crippen molar-refractivity contribution in [3.05, 3.63) is 29.2 Å². The molecule has 1 atom stereocenters. The lowest BCUT2D eigenvalue weighted by Crippen LogP contribution is -2.44. The Hall–Kier alpha value is -1.77. The first-order valence-corrected chi connectivity index (χ1v) is 8.29. The van der Waals surface area contributed by atoms with Crippen LogP contribution in [0.4, 0.5) is 0 Å². The lowest BCUT2D eigenvalue weighted by Gasteiger charge is -2.32. The fourth-order valence-electron chi connectivity index (χ4n) is 2.93. The largest absolute Gasteiger partial charge is 0.384 e. The Labute approximate surface area is 141 Å². The van der Waals surface area contributed by atoms with E-state index in [1.807, 2.05) is 11.6 Å². The number of ether oxygens (including phenoxy) is 2. The molecule has 24 heavy (non-hydrogen) atoms. The van der Waals surface area contributed by atoms with Crippen LogP contribution in [0.3, 0.4) is 0 Å². The molecule has 3 rings (SSSR count). The Kier molecular flexibility index (Phi) is 5.60. The first-order valence-electron chi connectivity index (χ1n) is 8.29. The summed E-state index contributed by atoms with van der Waals surface area (Å²) in [6, 6.07) is 2.08. The summed E-state index contributed by atoms with van der Waals surface area (Å²) in [6.45, 7) is 8.48. The smallest absolute Gasteiger partial charge is 0.240 e. The third kappa shape index (κ3) is 4.40. The van der Waals surface area contributed by atoms with Crippen molar-refractivity contribution in [1.29, 1.82) is 0 Å². The quantitative estimate of drug-likeness (QED) is 0.746. The average Bonchev–Trinajstić information content (AvgIpc) is 3.12. The highest BCUT2D eigenvalue weighted by Gasteiger charge is 2.23. The van der Waals surface area contributed by atoms with E-state index in [2.05, 4.69) is 33.1 Å². The predicted octanol–water partition coefficient (Wildman–Crippen LogP) is 0.973. The van der Waals surface area contributed by atoms with E-state index in [0.29, 0.717) is 37.9 Å². The van der Waals surface area contributed by atoms with Crippen molar-refractivity contribution < 1.29 is 14.0 Å². The van der Waals surface area contributed by atoms with Crippen molar-refractivity contribution in [3.8, 4) is 0 Å². The summed E-state index contributed by atoms with van der Waals surface area (Å²) in [7, 11) is 1.66. The lowest BCUT2D eigenvalue weighted by molar-refractivity contribution is -0.0429.